The van der Waals surface area contributed by atoms with E-state index in [1.54, 1.807) is 0 Å². The Balaban J connectivity index is 1.97. The van der Waals surface area contributed by atoms with Crippen LogP contribution in [0.4, 0.5) is 0 Å². The predicted octanol–water partition coefficient (Wildman–Crippen LogP) is 2.80. The zero-order valence-electron chi connectivity index (χ0n) is 9.30. The van der Waals surface area contributed by atoms with Crippen molar-refractivity contribution in [2.75, 3.05) is 0 Å². The van der Waals surface area contributed by atoms with Crippen LogP contribution in [0.25, 0.3) is 0 Å². The second-order valence-electron chi connectivity index (χ2n) is 4.63. The van der Waals surface area contributed by atoms with Crippen LogP contribution in [-0.2, 0) is 6.54 Å². The molecule has 0 heterocycles. The van der Waals surface area contributed by atoms with Gasteiger partial charge in [0.1, 0.15) is 0 Å². The average molecular weight is 189 g/mol. The maximum Gasteiger partial charge on any atom is 0.0210 e. The third kappa shape index (κ3) is 2.16. The van der Waals surface area contributed by atoms with Gasteiger partial charge in [-0.1, -0.05) is 30.7 Å². The Morgan fingerprint density at radius 1 is 1.36 bits per heavy atom. The van der Waals surface area contributed by atoms with Gasteiger partial charge in [0, 0.05) is 12.6 Å². The molecular weight excluding hydrogens is 170 g/mol. The number of nitrogens with one attached hydrogen (secondary N) is 1. The molecule has 1 heteroatoms. The van der Waals surface area contributed by atoms with Crippen LogP contribution in [0.5, 0.6) is 0 Å². The molecule has 1 aromatic carbocycles. The van der Waals surface area contributed by atoms with Crippen LogP contribution in [0.3, 0.4) is 0 Å². The fourth-order valence-corrected chi connectivity index (χ4v) is 1.84. The van der Waals surface area contributed by atoms with E-state index in [4.69, 9.17) is 0 Å². The Hall–Kier alpha value is -0.820. The van der Waals surface area contributed by atoms with Crippen LogP contribution >= 0.6 is 0 Å². The van der Waals surface area contributed by atoms with Crippen LogP contribution in [-0.4, -0.2) is 6.04 Å². The first kappa shape index (κ1) is 9.72. The van der Waals surface area contributed by atoms with E-state index in [-0.39, 0.29) is 0 Å². The Kier molecular flexibility index (Phi) is 2.60. The minimum absolute atomic E-state index is 0.773. The Labute approximate surface area is 86.5 Å². The van der Waals surface area contributed by atoms with Crippen molar-refractivity contribution < 1.29 is 0 Å². The summed E-state index contributed by atoms with van der Waals surface area (Å²) in [6, 6.07) is 7.45. The Bertz CT molecular complexity index is 330. The van der Waals surface area contributed by atoms with E-state index in [2.05, 4.69) is 44.3 Å². The van der Waals surface area contributed by atoms with Crippen molar-refractivity contribution in [1.82, 2.24) is 5.32 Å². The van der Waals surface area contributed by atoms with Gasteiger partial charge in [0.25, 0.3) is 0 Å². The second kappa shape index (κ2) is 3.74. The van der Waals surface area contributed by atoms with Gasteiger partial charge in [-0.2, -0.15) is 0 Å². The SMILES string of the molecule is Cc1ccc(C)c(CNC2CC2C)c1. The highest BCUT2D eigenvalue weighted by atomic mass is 15.0. The third-order valence-electron chi connectivity index (χ3n) is 3.17. The van der Waals surface area contributed by atoms with E-state index in [0.717, 1.165) is 18.5 Å². The highest BCUT2D eigenvalue weighted by Gasteiger charge is 2.31. The quantitative estimate of drug-likeness (QED) is 0.771. The van der Waals surface area contributed by atoms with Gasteiger partial charge in [-0.05, 0) is 37.3 Å². The first-order chi connectivity index (χ1) is 6.66. The van der Waals surface area contributed by atoms with E-state index >= 15 is 0 Å². The number of benzene rings is 1. The summed E-state index contributed by atoms with van der Waals surface area (Å²) in [6.07, 6.45) is 1.35. The van der Waals surface area contributed by atoms with Gasteiger partial charge in [0.15, 0.2) is 0 Å². The summed E-state index contributed by atoms with van der Waals surface area (Å²) in [5.74, 6) is 0.889. The lowest BCUT2D eigenvalue weighted by Crippen LogP contribution is -2.17. The molecule has 0 spiro atoms. The predicted molar refractivity (Wildman–Crippen MR) is 60.3 cm³/mol. The van der Waals surface area contributed by atoms with Crippen molar-refractivity contribution in [3.8, 4) is 0 Å². The monoisotopic (exact) mass is 189 g/mol. The van der Waals surface area contributed by atoms with Crippen molar-refractivity contribution in [3.63, 3.8) is 0 Å². The summed E-state index contributed by atoms with van der Waals surface area (Å²) in [7, 11) is 0. The lowest BCUT2D eigenvalue weighted by Gasteiger charge is -2.08. The van der Waals surface area contributed by atoms with Crippen molar-refractivity contribution >= 4 is 0 Å². The molecule has 2 rings (SSSR count). The van der Waals surface area contributed by atoms with E-state index < -0.39 is 0 Å². The lowest BCUT2D eigenvalue weighted by molar-refractivity contribution is 0.650. The van der Waals surface area contributed by atoms with Gasteiger partial charge in [-0.25, -0.2) is 0 Å². The second-order valence-corrected chi connectivity index (χ2v) is 4.63. The van der Waals surface area contributed by atoms with E-state index in [1.807, 2.05) is 0 Å². The van der Waals surface area contributed by atoms with Gasteiger partial charge in [-0.15, -0.1) is 0 Å². The van der Waals surface area contributed by atoms with Gasteiger partial charge in [-0.3, -0.25) is 0 Å². The zero-order valence-corrected chi connectivity index (χ0v) is 9.30. The van der Waals surface area contributed by atoms with Crippen LogP contribution in [0.15, 0.2) is 18.2 Å². The first-order valence-electron chi connectivity index (χ1n) is 5.46. The van der Waals surface area contributed by atoms with E-state index in [1.165, 1.54) is 23.1 Å². The minimum Gasteiger partial charge on any atom is -0.310 e. The average Bonchev–Trinajstić information content (AvgIpc) is 2.84. The first-order valence-corrected chi connectivity index (χ1v) is 5.46. The molecular formula is C13H19N. The van der Waals surface area contributed by atoms with Crippen LogP contribution in [0, 0.1) is 19.8 Å². The summed E-state index contributed by atoms with van der Waals surface area (Å²) in [4.78, 5) is 0. The maximum absolute atomic E-state index is 3.59. The molecule has 1 aliphatic carbocycles. The normalized spacial score (nSPS) is 25.1. The zero-order chi connectivity index (χ0) is 10.1. The maximum atomic E-state index is 3.59. The smallest absolute Gasteiger partial charge is 0.0210 e. The minimum atomic E-state index is 0.773. The molecule has 0 bridgehead atoms. The van der Waals surface area contributed by atoms with Gasteiger partial charge in [0.05, 0.1) is 0 Å². The summed E-state index contributed by atoms with van der Waals surface area (Å²) in [5.41, 5.74) is 4.21. The van der Waals surface area contributed by atoms with Crippen molar-refractivity contribution in [3.05, 3.63) is 34.9 Å². The van der Waals surface area contributed by atoms with Crippen molar-refractivity contribution in [2.45, 2.75) is 39.8 Å². The summed E-state index contributed by atoms with van der Waals surface area (Å²) in [6.45, 7) is 7.68. The molecule has 0 saturated heterocycles. The molecule has 76 valence electrons. The summed E-state index contributed by atoms with van der Waals surface area (Å²) < 4.78 is 0. The molecule has 1 N–H and O–H groups in total. The van der Waals surface area contributed by atoms with E-state index in [9.17, 15) is 0 Å². The van der Waals surface area contributed by atoms with Gasteiger partial charge in [0.2, 0.25) is 0 Å². The number of rotatable bonds is 3. The van der Waals surface area contributed by atoms with Gasteiger partial charge < -0.3 is 5.32 Å². The van der Waals surface area contributed by atoms with Crippen LogP contribution in [0.1, 0.15) is 30.0 Å². The number of aryl methyl sites for hydroxylation is 2. The largest absolute Gasteiger partial charge is 0.310 e. The molecule has 0 amide bonds. The van der Waals surface area contributed by atoms with Crippen molar-refractivity contribution in [2.24, 2.45) is 5.92 Å². The van der Waals surface area contributed by atoms with Crippen LogP contribution < -0.4 is 5.32 Å². The highest BCUT2D eigenvalue weighted by molar-refractivity contribution is 5.30. The molecule has 2 unspecified atom stereocenters. The van der Waals surface area contributed by atoms with Crippen molar-refractivity contribution in [1.29, 1.82) is 0 Å². The molecule has 2 atom stereocenters. The van der Waals surface area contributed by atoms with E-state index in [0.29, 0.717) is 0 Å². The molecule has 1 saturated carbocycles. The molecule has 0 radical (unpaired) electrons. The number of hydrogen-bond acceptors (Lipinski definition) is 1. The molecule has 14 heavy (non-hydrogen) atoms. The Morgan fingerprint density at radius 3 is 2.71 bits per heavy atom. The summed E-state index contributed by atoms with van der Waals surface area (Å²) in [5, 5.41) is 3.59. The Morgan fingerprint density at radius 2 is 2.07 bits per heavy atom. The number of hydrogen-bond donors (Lipinski definition) is 1. The molecule has 1 aromatic rings. The molecule has 0 aliphatic heterocycles. The summed E-state index contributed by atoms with van der Waals surface area (Å²) >= 11 is 0. The topological polar surface area (TPSA) is 12.0 Å². The highest BCUT2D eigenvalue weighted by Crippen LogP contribution is 2.29. The van der Waals surface area contributed by atoms with Gasteiger partial charge >= 0.3 is 0 Å². The molecule has 1 nitrogen and oxygen atoms in total. The standard InChI is InChI=1S/C13H19N/c1-9-4-5-10(2)12(6-9)8-14-13-7-11(13)3/h4-6,11,13-14H,7-8H2,1-3H3. The third-order valence-corrected chi connectivity index (χ3v) is 3.17. The molecule has 1 aliphatic rings. The molecule has 1 fully saturated rings. The lowest BCUT2D eigenvalue weighted by atomic mass is 10.1. The fourth-order valence-electron chi connectivity index (χ4n) is 1.84. The molecule has 0 aromatic heterocycles. The fraction of sp³-hybridized carbons (Fsp3) is 0.538. The van der Waals surface area contributed by atoms with Crippen LogP contribution in [0.2, 0.25) is 0 Å².